The van der Waals surface area contributed by atoms with Crippen molar-refractivity contribution in [3.05, 3.63) is 53.3 Å². The van der Waals surface area contributed by atoms with Crippen LogP contribution < -0.4 is 19.5 Å². The number of amides is 1. The van der Waals surface area contributed by atoms with Crippen molar-refractivity contribution in [1.82, 2.24) is 5.32 Å². The predicted octanol–water partition coefficient (Wildman–Crippen LogP) is 3.91. The lowest BCUT2D eigenvalue weighted by atomic mass is 9.95. The Morgan fingerprint density at radius 1 is 1.00 bits per heavy atom. The zero-order chi connectivity index (χ0) is 20.0. The van der Waals surface area contributed by atoms with Gasteiger partial charge in [0.05, 0.1) is 33.8 Å². The molecule has 2 rings (SSSR count). The van der Waals surface area contributed by atoms with E-state index in [2.05, 4.69) is 5.32 Å². The third kappa shape index (κ3) is 5.12. The van der Waals surface area contributed by atoms with Gasteiger partial charge in [-0.25, -0.2) is 4.39 Å². The summed E-state index contributed by atoms with van der Waals surface area (Å²) in [6.07, 6.45) is 0.154. The fourth-order valence-corrected chi connectivity index (χ4v) is 2.95. The topological polar surface area (TPSA) is 56.8 Å². The van der Waals surface area contributed by atoms with Gasteiger partial charge < -0.3 is 19.5 Å². The van der Waals surface area contributed by atoms with Crippen molar-refractivity contribution in [2.24, 2.45) is 5.92 Å². The van der Waals surface area contributed by atoms with Gasteiger partial charge in [0, 0.05) is 0 Å². The number of halogens is 1. The standard InChI is InChI=1S/C21H26FNO4/c1-13(2)20(15-6-8-16(22)9-7-15)23-19(24)12-14-10-17(25-3)21(27-5)18(11-14)26-4/h6-11,13,20H,12H2,1-5H3,(H,23,24)/t20-/m1/s1. The molecule has 0 heterocycles. The van der Waals surface area contributed by atoms with E-state index in [-0.39, 0.29) is 30.1 Å². The molecule has 2 aromatic carbocycles. The first-order valence-electron chi connectivity index (χ1n) is 8.73. The van der Waals surface area contributed by atoms with Crippen molar-refractivity contribution < 1.29 is 23.4 Å². The van der Waals surface area contributed by atoms with Crippen LogP contribution in [0.15, 0.2) is 36.4 Å². The van der Waals surface area contributed by atoms with E-state index >= 15 is 0 Å². The third-order valence-electron chi connectivity index (χ3n) is 4.30. The van der Waals surface area contributed by atoms with Gasteiger partial charge in [-0.2, -0.15) is 0 Å². The first-order chi connectivity index (χ1) is 12.9. The highest BCUT2D eigenvalue weighted by atomic mass is 19.1. The molecule has 6 heteroatoms. The molecule has 0 aromatic heterocycles. The van der Waals surface area contributed by atoms with Gasteiger partial charge >= 0.3 is 0 Å². The summed E-state index contributed by atoms with van der Waals surface area (Å²) >= 11 is 0. The van der Waals surface area contributed by atoms with E-state index in [4.69, 9.17) is 14.2 Å². The summed E-state index contributed by atoms with van der Waals surface area (Å²) in [5.41, 5.74) is 1.60. The second-order valence-electron chi connectivity index (χ2n) is 6.55. The molecule has 0 radical (unpaired) electrons. The summed E-state index contributed by atoms with van der Waals surface area (Å²) in [4.78, 5) is 12.6. The monoisotopic (exact) mass is 375 g/mol. The zero-order valence-electron chi connectivity index (χ0n) is 16.3. The van der Waals surface area contributed by atoms with Crippen LogP contribution >= 0.6 is 0 Å². The molecule has 5 nitrogen and oxygen atoms in total. The molecule has 0 aliphatic carbocycles. The van der Waals surface area contributed by atoms with E-state index in [9.17, 15) is 9.18 Å². The van der Waals surface area contributed by atoms with E-state index in [1.807, 2.05) is 13.8 Å². The van der Waals surface area contributed by atoms with Crippen molar-refractivity contribution in [3.8, 4) is 17.2 Å². The van der Waals surface area contributed by atoms with Crippen LogP contribution in [0.2, 0.25) is 0 Å². The molecule has 27 heavy (non-hydrogen) atoms. The van der Waals surface area contributed by atoms with Gasteiger partial charge in [0.2, 0.25) is 11.7 Å². The molecule has 1 amide bonds. The number of benzene rings is 2. The van der Waals surface area contributed by atoms with Crippen LogP contribution in [0.1, 0.15) is 31.0 Å². The summed E-state index contributed by atoms with van der Waals surface area (Å²) in [6, 6.07) is 9.48. The van der Waals surface area contributed by atoms with Crippen molar-refractivity contribution in [2.75, 3.05) is 21.3 Å². The fraction of sp³-hybridized carbons (Fsp3) is 0.381. The van der Waals surface area contributed by atoms with Crippen LogP contribution in [0.4, 0.5) is 4.39 Å². The fourth-order valence-electron chi connectivity index (χ4n) is 2.95. The highest BCUT2D eigenvalue weighted by Crippen LogP contribution is 2.38. The number of ether oxygens (including phenoxy) is 3. The number of carbonyl (C=O) groups excluding carboxylic acids is 1. The van der Waals surface area contributed by atoms with Crippen LogP contribution in [-0.2, 0) is 11.2 Å². The largest absolute Gasteiger partial charge is 0.493 e. The first-order valence-corrected chi connectivity index (χ1v) is 8.73. The van der Waals surface area contributed by atoms with E-state index in [1.165, 1.54) is 33.5 Å². The summed E-state index contributed by atoms with van der Waals surface area (Å²) in [5, 5.41) is 3.03. The predicted molar refractivity (Wildman–Crippen MR) is 102 cm³/mol. The quantitative estimate of drug-likeness (QED) is 0.760. The molecule has 2 aromatic rings. The number of rotatable bonds is 8. The van der Waals surface area contributed by atoms with Gasteiger partial charge in [0.25, 0.3) is 0 Å². The van der Waals surface area contributed by atoms with Gasteiger partial charge in [-0.15, -0.1) is 0 Å². The Bertz CT molecular complexity index is 749. The highest BCUT2D eigenvalue weighted by Gasteiger charge is 2.20. The Balaban J connectivity index is 2.19. The normalized spacial score (nSPS) is 11.8. The van der Waals surface area contributed by atoms with Gasteiger partial charge in [-0.1, -0.05) is 26.0 Å². The number of hydrogen-bond donors (Lipinski definition) is 1. The summed E-state index contributed by atoms with van der Waals surface area (Å²) in [6.45, 7) is 4.02. The van der Waals surface area contributed by atoms with Gasteiger partial charge in [0.15, 0.2) is 11.5 Å². The second-order valence-corrected chi connectivity index (χ2v) is 6.55. The first kappa shape index (κ1) is 20.6. The van der Waals surface area contributed by atoms with E-state index < -0.39 is 0 Å². The molecule has 0 aliphatic rings. The Labute approximate surface area is 159 Å². The maximum Gasteiger partial charge on any atom is 0.224 e. The molecule has 146 valence electrons. The minimum atomic E-state index is -0.301. The Kier molecular flexibility index (Phi) is 7.05. The zero-order valence-corrected chi connectivity index (χ0v) is 16.3. The van der Waals surface area contributed by atoms with Crippen LogP contribution in [0, 0.1) is 11.7 Å². The summed E-state index contributed by atoms with van der Waals surface area (Å²) in [5.74, 6) is 1.18. The highest BCUT2D eigenvalue weighted by molar-refractivity contribution is 5.79. The SMILES string of the molecule is COc1cc(CC(=O)N[C@@H](c2ccc(F)cc2)C(C)C)cc(OC)c1OC. The smallest absolute Gasteiger partial charge is 0.224 e. The molecule has 0 saturated carbocycles. The Morgan fingerprint density at radius 3 is 2.00 bits per heavy atom. The van der Waals surface area contributed by atoms with Crippen LogP contribution in [0.25, 0.3) is 0 Å². The number of nitrogens with one attached hydrogen (secondary N) is 1. The van der Waals surface area contributed by atoms with Crippen LogP contribution in [-0.4, -0.2) is 27.2 Å². The minimum absolute atomic E-state index is 0.146. The van der Waals surface area contributed by atoms with E-state index in [1.54, 1.807) is 24.3 Å². The lowest BCUT2D eigenvalue weighted by molar-refractivity contribution is -0.121. The maximum atomic E-state index is 13.2. The maximum absolute atomic E-state index is 13.2. The summed E-state index contributed by atoms with van der Waals surface area (Å²) < 4.78 is 29.1. The summed E-state index contributed by atoms with van der Waals surface area (Å²) in [7, 11) is 4.59. The molecule has 0 spiro atoms. The van der Waals surface area contributed by atoms with Crippen molar-refractivity contribution in [2.45, 2.75) is 26.3 Å². The molecule has 0 unspecified atom stereocenters. The van der Waals surface area contributed by atoms with E-state index in [0.717, 1.165) is 11.1 Å². The van der Waals surface area contributed by atoms with Gasteiger partial charge in [-0.05, 0) is 41.3 Å². The average molecular weight is 375 g/mol. The molecule has 1 atom stereocenters. The third-order valence-corrected chi connectivity index (χ3v) is 4.30. The van der Waals surface area contributed by atoms with Crippen molar-refractivity contribution in [1.29, 1.82) is 0 Å². The van der Waals surface area contributed by atoms with Gasteiger partial charge in [-0.3, -0.25) is 4.79 Å². The lowest BCUT2D eigenvalue weighted by Gasteiger charge is -2.23. The average Bonchev–Trinajstić information content (AvgIpc) is 2.65. The van der Waals surface area contributed by atoms with E-state index in [0.29, 0.717) is 17.2 Å². The van der Waals surface area contributed by atoms with Gasteiger partial charge in [0.1, 0.15) is 5.82 Å². The lowest BCUT2D eigenvalue weighted by Crippen LogP contribution is -2.32. The van der Waals surface area contributed by atoms with Crippen molar-refractivity contribution >= 4 is 5.91 Å². The minimum Gasteiger partial charge on any atom is -0.493 e. The molecular weight excluding hydrogens is 349 g/mol. The molecule has 0 saturated heterocycles. The molecule has 0 bridgehead atoms. The Morgan fingerprint density at radius 2 is 1.56 bits per heavy atom. The van der Waals surface area contributed by atoms with Crippen molar-refractivity contribution in [3.63, 3.8) is 0 Å². The molecule has 0 aliphatic heterocycles. The molecule has 1 N–H and O–H groups in total. The Hall–Kier alpha value is -2.76. The molecular formula is C21H26FNO4. The number of methoxy groups -OCH3 is 3. The number of carbonyl (C=O) groups is 1. The van der Waals surface area contributed by atoms with Crippen LogP contribution in [0.5, 0.6) is 17.2 Å². The second kappa shape index (κ2) is 9.26. The molecule has 0 fully saturated rings. The number of hydrogen-bond acceptors (Lipinski definition) is 4. The van der Waals surface area contributed by atoms with Crippen LogP contribution in [0.3, 0.4) is 0 Å².